The van der Waals surface area contributed by atoms with Crippen LogP contribution in [0.5, 0.6) is 0 Å². The van der Waals surface area contributed by atoms with E-state index in [1.165, 1.54) is 12.1 Å². The number of sulfonamides is 1. The summed E-state index contributed by atoms with van der Waals surface area (Å²) >= 11 is 0. The quantitative estimate of drug-likeness (QED) is 0.283. The zero-order valence-electron chi connectivity index (χ0n) is 26.1. The van der Waals surface area contributed by atoms with Crippen LogP contribution in [0.15, 0.2) is 78.0 Å². The molecule has 2 aromatic carbocycles. The van der Waals surface area contributed by atoms with Crippen LogP contribution in [-0.4, -0.2) is 79.0 Å². The van der Waals surface area contributed by atoms with Crippen molar-refractivity contribution >= 4 is 33.5 Å². The number of piperidine rings is 1. The predicted molar refractivity (Wildman–Crippen MR) is 172 cm³/mol. The summed E-state index contributed by atoms with van der Waals surface area (Å²) in [6.45, 7) is 7.15. The van der Waals surface area contributed by atoms with Crippen molar-refractivity contribution in [1.29, 1.82) is 0 Å². The topological polar surface area (TPSA) is 134 Å². The first-order chi connectivity index (χ1) is 21.5. The second-order valence-corrected chi connectivity index (χ2v) is 14.4. The average Bonchev–Trinajstić information content (AvgIpc) is 3.85. The van der Waals surface area contributed by atoms with Gasteiger partial charge < -0.3 is 19.9 Å². The van der Waals surface area contributed by atoms with Crippen LogP contribution < -0.4 is 14.9 Å². The molecule has 45 heavy (non-hydrogen) atoms. The molecule has 2 aliphatic rings. The van der Waals surface area contributed by atoms with Gasteiger partial charge in [0, 0.05) is 55.9 Å². The molecule has 1 aliphatic heterocycles. The molecular weight excluding hydrogens is 592 g/mol. The lowest BCUT2D eigenvalue weighted by atomic mass is 10.0. The van der Waals surface area contributed by atoms with E-state index < -0.39 is 27.6 Å². The lowest BCUT2D eigenvalue weighted by Gasteiger charge is -2.34. The van der Waals surface area contributed by atoms with Crippen LogP contribution >= 0.6 is 0 Å². The Morgan fingerprint density at radius 1 is 0.956 bits per heavy atom. The molecule has 0 radical (unpaired) electrons. The highest BCUT2D eigenvalue weighted by Gasteiger charge is 2.35. The third-order valence-corrected chi connectivity index (χ3v) is 9.27. The normalized spacial score (nSPS) is 16.6. The fourth-order valence-electron chi connectivity index (χ4n) is 5.30. The molecule has 0 bridgehead atoms. The molecule has 2 N–H and O–H groups in total. The number of carbonyl (C=O) groups excluding carboxylic acids is 2. The predicted octanol–water partition coefficient (Wildman–Crippen LogP) is 4.10. The van der Waals surface area contributed by atoms with Crippen LogP contribution in [-0.2, 0) is 19.6 Å². The van der Waals surface area contributed by atoms with Gasteiger partial charge in [-0.3, -0.25) is 9.59 Å². The molecular formula is C33H42N6O5S. The van der Waals surface area contributed by atoms with E-state index in [1.54, 1.807) is 74.5 Å². The summed E-state index contributed by atoms with van der Waals surface area (Å²) in [4.78, 5) is 39.6. The number of nitrogens with zero attached hydrogens (tertiary/aromatic N) is 4. The number of amides is 1. The first kappa shape index (κ1) is 32.4. The molecule has 1 saturated carbocycles. The molecule has 1 amide bonds. The summed E-state index contributed by atoms with van der Waals surface area (Å²) < 4.78 is 34.6. The van der Waals surface area contributed by atoms with Gasteiger partial charge in [0.1, 0.15) is 11.6 Å². The SMILES string of the molecule is CC(C)(C)OC(=O)[C@H](CN(CC1CC1)C(=O)c1ccc(N2CCC(Nc3ncccn3)CC2)cc1)NS(=O)(=O)c1ccccc1. The second kappa shape index (κ2) is 13.9. The van der Waals surface area contributed by atoms with Crippen LogP contribution in [0.2, 0.25) is 0 Å². The van der Waals surface area contributed by atoms with E-state index in [0.29, 0.717) is 24.0 Å². The van der Waals surface area contributed by atoms with Gasteiger partial charge in [-0.05, 0) is 94.8 Å². The Bertz CT molecular complexity index is 1540. The number of rotatable bonds is 12. The molecule has 11 nitrogen and oxygen atoms in total. The molecule has 1 aliphatic carbocycles. The van der Waals surface area contributed by atoms with Crippen molar-refractivity contribution in [3.8, 4) is 0 Å². The average molecular weight is 635 g/mol. The van der Waals surface area contributed by atoms with Crippen LogP contribution in [0.4, 0.5) is 11.6 Å². The molecule has 2 fully saturated rings. The van der Waals surface area contributed by atoms with Gasteiger partial charge in [0.25, 0.3) is 5.91 Å². The zero-order chi connectivity index (χ0) is 32.0. The second-order valence-electron chi connectivity index (χ2n) is 12.7. The minimum absolute atomic E-state index is 0.0300. The van der Waals surface area contributed by atoms with E-state index in [1.807, 2.05) is 12.1 Å². The molecule has 240 valence electrons. The molecule has 3 aromatic rings. The van der Waals surface area contributed by atoms with Crippen molar-refractivity contribution in [3.05, 3.63) is 78.6 Å². The van der Waals surface area contributed by atoms with E-state index in [0.717, 1.165) is 44.5 Å². The largest absolute Gasteiger partial charge is 0.459 e. The Kier molecular flexibility index (Phi) is 10.0. The smallest absolute Gasteiger partial charge is 0.326 e. The van der Waals surface area contributed by atoms with Crippen molar-refractivity contribution in [2.75, 3.05) is 36.4 Å². The van der Waals surface area contributed by atoms with E-state index in [9.17, 15) is 18.0 Å². The number of anilines is 2. The van der Waals surface area contributed by atoms with Crippen molar-refractivity contribution in [2.24, 2.45) is 5.92 Å². The molecule has 12 heteroatoms. The van der Waals surface area contributed by atoms with Crippen LogP contribution in [0.3, 0.4) is 0 Å². The summed E-state index contributed by atoms with van der Waals surface area (Å²) in [6.07, 6.45) is 7.27. The standard InChI is InChI=1S/C33H42N6O5S/c1-33(2,3)44-31(41)29(37-45(42,43)28-8-5-4-6-9-28)23-39(22-24-10-11-24)30(40)25-12-14-27(15-13-25)38-20-16-26(17-21-38)36-32-34-18-7-19-35-32/h4-9,12-15,18-19,24,26,29,37H,10-11,16-17,20-23H2,1-3H3,(H,34,35,36)/t29-/m0/s1. The van der Waals surface area contributed by atoms with Crippen molar-refractivity contribution in [1.82, 2.24) is 19.6 Å². The summed E-state index contributed by atoms with van der Waals surface area (Å²) in [5.41, 5.74) is 0.664. The van der Waals surface area contributed by atoms with E-state index in [4.69, 9.17) is 4.74 Å². The zero-order valence-corrected chi connectivity index (χ0v) is 26.9. The minimum atomic E-state index is -4.05. The Balaban J connectivity index is 1.27. The maximum Gasteiger partial charge on any atom is 0.326 e. The Labute approximate surface area is 265 Å². The molecule has 0 spiro atoms. The van der Waals surface area contributed by atoms with Gasteiger partial charge >= 0.3 is 5.97 Å². The highest BCUT2D eigenvalue weighted by atomic mass is 32.2. The van der Waals surface area contributed by atoms with Crippen molar-refractivity contribution in [2.45, 2.75) is 69.0 Å². The maximum atomic E-state index is 13.9. The number of aromatic nitrogens is 2. The Morgan fingerprint density at radius 2 is 1.60 bits per heavy atom. The fraction of sp³-hybridized carbons (Fsp3) is 0.455. The number of nitrogens with one attached hydrogen (secondary N) is 2. The van der Waals surface area contributed by atoms with Crippen LogP contribution in [0, 0.1) is 5.92 Å². The van der Waals surface area contributed by atoms with E-state index >= 15 is 0 Å². The molecule has 1 aromatic heterocycles. The van der Waals surface area contributed by atoms with Gasteiger partial charge in [-0.25, -0.2) is 18.4 Å². The van der Waals surface area contributed by atoms with Gasteiger partial charge in [-0.15, -0.1) is 0 Å². The summed E-state index contributed by atoms with van der Waals surface area (Å²) in [6, 6.07) is 16.1. The highest BCUT2D eigenvalue weighted by Crippen LogP contribution is 2.31. The number of benzene rings is 2. The summed E-state index contributed by atoms with van der Waals surface area (Å²) in [5.74, 6) is -0.0415. The van der Waals surface area contributed by atoms with E-state index in [-0.39, 0.29) is 23.4 Å². The number of ether oxygens (including phenoxy) is 1. The lowest BCUT2D eigenvalue weighted by Crippen LogP contribution is -2.52. The van der Waals surface area contributed by atoms with Gasteiger partial charge in [-0.1, -0.05) is 18.2 Å². The molecule has 1 saturated heterocycles. The minimum Gasteiger partial charge on any atom is -0.459 e. The highest BCUT2D eigenvalue weighted by molar-refractivity contribution is 7.89. The lowest BCUT2D eigenvalue weighted by molar-refractivity contribution is -0.157. The Hall–Kier alpha value is -4.03. The number of esters is 1. The molecule has 1 atom stereocenters. The molecule has 5 rings (SSSR count). The monoisotopic (exact) mass is 634 g/mol. The van der Waals surface area contributed by atoms with Gasteiger partial charge in [0.2, 0.25) is 16.0 Å². The van der Waals surface area contributed by atoms with E-state index in [2.05, 4.69) is 24.9 Å². The molecule has 2 heterocycles. The third-order valence-electron chi connectivity index (χ3n) is 7.78. The van der Waals surface area contributed by atoms with Crippen molar-refractivity contribution in [3.63, 3.8) is 0 Å². The maximum absolute atomic E-state index is 13.9. The van der Waals surface area contributed by atoms with Gasteiger partial charge in [0.05, 0.1) is 4.90 Å². The Morgan fingerprint density at radius 3 is 2.20 bits per heavy atom. The fourth-order valence-corrected chi connectivity index (χ4v) is 6.49. The first-order valence-corrected chi connectivity index (χ1v) is 16.9. The summed E-state index contributed by atoms with van der Waals surface area (Å²) in [5, 5.41) is 3.39. The van der Waals surface area contributed by atoms with Crippen LogP contribution in [0.1, 0.15) is 56.8 Å². The van der Waals surface area contributed by atoms with Crippen LogP contribution in [0.25, 0.3) is 0 Å². The number of hydrogen-bond donors (Lipinski definition) is 2. The summed E-state index contributed by atoms with van der Waals surface area (Å²) in [7, 11) is -4.05. The van der Waals surface area contributed by atoms with Crippen molar-refractivity contribution < 1.29 is 22.7 Å². The number of carbonyl (C=O) groups is 2. The van der Waals surface area contributed by atoms with Gasteiger partial charge in [-0.2, -0.15) is 4.72 Å². The molecule has 0 unspecified atom stereocenters. The third kappa shape index (κ3) is 9.24. The number of hydrogen-bond acceptors (Lipinski definition) is 9. The first-order valence-electron chi connectivity index (χ1n) is 15.4. The van der Waals surface area contributed by atoms with Gasteiger partial charge in [0.15, 0.2) is 0 Å².